The van der Waals surface area contributed by atoms with Gasteiger partial charge < -0.3 is 16.2 Å². The van der Waals surface area contributed by atoms with E-state index < -0.39 is 12.0 Å². The minimum Gasteiger partial charge on any atom is -0.480 e. The zero-order valence-corrected chi connectivity index (χ0v) is 10.3. The maximum atomic E-state index is 11.2. The van der Waals surface area contributed by atoms with Crippen LogP contribution in [0.1, 0.15) is 26.2 Å². The first-order chi connectivity index (χ1) is 6.99. The molecule has 4 N–H and O–H groups in total. The van der Waals surface area contributed by atoms with Gasteiger partial charge in [0.1, 0.15) is 6.04 Å². The summed E-state index contributed by atoms with van der Waals surface area (Å²) >= 11 is 3.07. The largest absolute Gasteiger partial charge is 0.480 e. The van der Waals surface area contributed by atoms with Crippen molar-refractivity contribution in [3.8, 4) is 0 Å². The van der Waals surface area contributed by atoms with Crippen LogP contribution in [0.5, 0.6) is 0 Å². The summed E-state index contributed by atoms with van der Waals surface area (Å²) in [6.07, 6.45) is 1.88. The van der Waals surface area contributed by atoms with Crippen LogP contribution >= 0.6 is 15.9 Å². The molecule has 1 unspecified atom stereocenters. The maximum absolute atomic E-state index is 11.2. The standard InChI is InChI=1S/C9H17BrN2O3/c1-6(10)8(13)12-7(9(14)15)4-2-3-5-11/h6-7H,2-5,11H2,1H3,(H,12,13)(H,14,15)/t6?,7-/m0/s1. The molecule has 0 bridgehead atoms. The van der Waals surface area contributed by atoms with Crippen LogP contribution in [-0.2, 0) is 9.59 Å². The van der Waals surface area contributed by atoms with Crippen molar-refractivity contribution >= 4 is 27.8 Å². The zero-order valence-electron chi connectivity index (χ0n) is 8.70. The lowest BCUT2D eigenvalue weighted by molar-refractivity contribution is -0.141. The molecule has 2 atom stereocenters. The molecule has 0 heterocycles. The molecule has 0 saturated carbocycles. The molecule has 0 aromatic heterocycles. The van der Waals surface area contributed by atoms with Crippen LogP contribution in [0.2, 0.25) is 0 Å². The molecular formula is C9H17BrN2O3. The molecule has 5 nitrogen and oxygen atoms in total. The Balaban J connectivity index is 4.05. The summed E-state index contributed by atoms with van der Waals surface area (Å²) in [7, 11) is 0. The lowest BCUT2D eigenvalue weighted by atomic mass is 10.1. The number of amides is 1. The van der Waals surface area contributed by atoms with Crippen molar-refractivity contribution in [1.29, 1.82) is 0 Å². The van der Waals surface area contributed by atoms with E-state index in [1.165, 1.54) is 0 Å². The lowest BCUT2D eigenvalue weighted by Gasteiger charge is -2.15. The first-order valence-electron chi connectivity index (χ1n) is 4.86. The number of rotatable bonds is 7. The third-order valence-corrected chi connectivity index (χ3v) is 2.34. The fourth-order valence-electron chi connectivity index (χ4n) is 1.04. The van der Waals surface area contributed by atoms with E-state index >= 15 is 0 Å². The van der Waals surface area contributed by atoms with Crippen LogP contribution in [-0.4, -0.2) is 34.4 Å². The van der Waals surface area contributed by atoms with Gasteiger partial charge in [0.15, 0.2) is 0 Å². The molecule has 1 amide bonds. The van der Waals surface area contributed by atoms with Crippen LogP contribution in [0.15, 0.2) is 0 Å². The van der Waals surface area contributed by atoms with E-state index in [1.54, 1.807) is 6.92 Å². The van der Waals surface area contributed by atoms with Gasteiger partial charge in [-0.15, -0.1) is 0 Å². The molecule has 0 aromatic carbocycles. The van der Waals surface area contributed by atoms with E-state index in [2.05, 4.69) is 21.2 Å². The third-order valence-electron chi connectivity index (χ3n) is 1.92. The molecule has 0 spiro atoms. The smallest absolute Gasteiger partial charge is 0.326 e. The fourth-order valence-corrected chi connectivity index (χ4v) is 1.17. The Hall–Kier alpha value is -0.620. The highest BCUT2D eigenvalue weighted by Gasteiger charge is 2.20. The lowest BCUT2D eigenvalue weighted by Crippen LogP contribution is -2.43. The van der Waals surface area contributed by atoms with Crippen molar-refractivity contribution < 1.29 is 14.7 Å². The van der Waals surface area contributed by atoms with Gasteiger partial charge in [-0.25, -0.2) is 4.79 Å². The first-order valence-corrected chi connectivity index (χ1v) is 5.78. The highest BCUT2D eigenvalue weighted by molar-refractivity contribution is 9.10. The Labute approximate surface area is 97.5 Å². The van der Waals surface area contributed by atoms with Gasteiger partial charge in [0.25, 0.3) is 0 Å². The highest BCUT2D eigenvalue weighted by atomic mass is 79.9. The minimum atomic E-state index is -1.01. The van der Waals surface area contributed by atoms with E-state index in [0.29, 0.717) is 19.4 Å². The summed E-state index contributed by atoms with van der Waals surface area (Å²) < 4.78 is 0. The number of carboxylic acid groups (broad SMARTS) is 1. The van der Waals surface area contributed by atoms with Gasteiger partial charge in [-0.3, -0.25) is 4.79 Å². The molecule has 0 rings (SSSR count). The number of nitrogens with two attached hydrogens (primary N) is 1. The number of hydrogen-bond acceptors (Lipinski definition) is 3. The van der Waals surface area contributed by atoms with Gasteiger partial charge in [-0.05, 0) is 32.7 Å². The molecule has 0 radical (unpaired) electrons. The van der Waals surface area contributed by atoms with Gasteiger partial charge in [0, 0.05) is 0 Å². The van der Waals surface area contributed by atoms with Crippen LogP contribution < -0.4 is 11.1 Å². The van der Waals surface area contributed by atoms with Crippen molar-refractivity contribution in [2.45, 2.75) is 37.1 Å². The SMILES string of the molecule is CC(Br)C(=O)N[C@@H](CCCCN)C(=O)O. The Bertz CT molecular complexity index is 221. The van der Waals surface area contributed by atoms with Crippen molar-refractivity contribution in [2.75, 3.05) is 6.54 Å². The molecular weight excluding hydrogens is 264 g/mol. The fraction of sp³-hybridized carbons (Fsp3) is 0.778. The van der Waals surface area contributed by atoms with E-state index in [4.69, 9.17) is 10.8 Å². The molecule has 0 aliphatic heterocycles. The van der Waals surface area contributed by atoms with Gasteiger partial charge >= 0.3 is 5.97 Å². The second kappa shape index (κ2) is 7.64. The quantitative estimate of drug-likeness (QED) is 0.467. The Morgan fingerprint density at radius 2 is 2.07 bits per heavy atom. The van der Waals surface area contributed by atoms with Gasteiger partial charge in [0.05, 0.1) is 4.83 Å². The number of carboxylic acids is 1. The Morgan fingerprint density at radius 3 is 2.47 bits per heavy atom. The van der Waals surface area contributed by atoms with Crippen molar-refractivity contribution in [3.05, 3.63) is 0 Å². The molecule has 88 valence electrons. The summed E-state index contributed by atoms with van der Waals surface area (Å²) in [4.78, 5) is 21.7. The van der Waals surface area contributed by atoms with E-state index in [9.17, 15) is 9.59 Å². The molecule has 15 heavy (non-hydrogen) atoms. The van der Waals surface area contributed by atoms with Crippen molar-refractivity contribution in [3.63, 3.8) is 0 Å². The number of nitrogens with one attached hydrogen (secondary N) is 1. The Morgan fingerprint density at radius 1 is 1.47 bits per heavy atom. The van der Waals surface area contributed by atoms with E-state index in [0.717, 1.165) is 6.42 Å². The van der Waals surface area contributed by atoms with Crippen LogP contribution in [0.25, 0.3) is 0 Å². The molecule has 6 heteroatoms. The first kappa shape index (κ1) is 14.4. The Kier molecular flexibility index (Phi) is 7.33. The predicted octanol–water partition coefficient (Wildman–Crippen LogP) is 0.468. The molecule has 0 fully saturated rings. The highest BCUT2D eigenvalue weighted by Crippen LogP contribution is 2.03. The number of carbonyl (C=O) groups is 2. The number of hydrogen-bond donors (Lipinski definition) is 3. The number of alkyl halides is 1. The average molecular weight is 281 g/mol. The number of unbranched alkanes of at least 4 members (excludes halogenated alkanes) is 1. The monoisotopic (exact) mass is 280 g/mol. The molecule has 0 aliphatic rings. The van der Waals surface area contributed by atoms with Gasteiger partial charge in [-0.2, -0.15) is 0 Å². The molecule has 0 saturated heterocycles. The number of carbonyl (C=O) groups excluding carboxylic acids is 1. The minimum absolute atomic E-state index is 0.310. The molecule has 0 aliphatic carbocycles. The summed E-state index contributed by atoms with van der Waals surface area (Å²) in [6.45, 7) is 2.18. The number of halogens is 1. The van der Waals surface area contributed by atoms with Gasteiger partial charge in [-0.1, -0.05) is 15.9 Å². The van der Waals surface area contributed by atoms with E-state index in [1.807, 2.05) is 0 Å². The van der Waals surface area contributed by atoms with Crippen molar-refractivity contribution in [1.82, 2.24) is 5.32 Å². The second-order valence-electron chi connectivity index (χ2n) is 3.30. The summed E-state index contributed by atoms with van der Waals surface area (Å²) in [5.41, 5.74) is 5.30. The normalized spacial score (nSPS) is 14.3. The third kappa shape index (κ3) is 6.46. The van der Waals surface area contributed by atoms with Crippen LogP contribution in [0, 0.1) is 0 Å². The van der Waals surface area contributed by atoms with Crippen LogP contribution in [0.4, 0.5) is 0 Å². The van der Waals surface area contributed by atoms with Crippen molar-refractivity contribution in [2.24, 2.45) is 5.73 Å². The summed E-state index contributed by atoms with van der Waals surface area (Å²) in [5, 5.41) is 11.3. The average Bonchev–Trinajstić information content (AvgIpc) is 2.15. The topological polar surface area (TPSA) is 92.4 Å². The predicted molar refractivity (Wildman–Crippen MR) is 60.9 cm³/mol. The second-order valence-corrected chi connectivity index (χ2v) is 4.67. The maximum Gasteiger partial charge on any atom is 0.326 e. The van der Waals surface area contributed by atoms with Gasteiger partial charge in [0.2, 0.25) is 5.91 Å². The summed E-state index contributed by atoms with van der Waals surface area (Å²) in [5.74, 6) is -1.32. The van der Waals surface area contributed by atoms with Crippen LogP contribution in [0.3, 0.4) is 0 Å². The summed E-state index contributed by atoms with van der Waals surface area (Å²) in [6, 6.07) is -0.816. The number of aliphatic carboxylic acids is 1. The zero-order chi connectivity index (χ0) is 11.8. The molecule has 0 aromatic rings. The van der Waals surface area contributed by atoms with E-state index in [-0.39, 0.29) is 10.7 Å².